The first-order valence-electron chi connectivity index (χ1n) is 6.07. The van der Waals surface area contributed by atoms with Crippen LogP contribution in [0.4, 0.5) is 0 Å². The molecular weight excluding hydrogens is 254 g/mol. The highest BCUT2D eigenvalue weighted by atomic mass is 16.1. The van der Waals surface area contributed by atoms with Gasteiger partial charge in [0.05, 0.1) is 0 Å². The Kier molecular flexibility index (Phi) is 3.49. The molecule has 0 fully saturated rings. The lowest BCUT2D eigenvalue weighted by molar-refractivity contribution is 0.103. The number of hydrogen-bond donors (Lipinski definition) is 1. The summed E-state index contributed by atoms with van der Waals surface area (Å²) in [6, 6.07) is 6.57. The number of nitrogens with one attached hydrogen (secondary N) is 1. The molecule has 0 aliphatic carbocycles. The largest absolute Gasteiger partial charge is 0.325 e. The first kappa shape index (κ1) is 13.7. The summed E-state index contributed by atoms with van der Waals surface area (Å²) in [7, 11) is 0. The Balaban J connectivity index is 2.60. The van der Waals surface area contributed by atoms with Gasteiger partial charge in [0, 0.05) is 28.2 Å². The molecule has 0 spiro atoms. The highest BCUT2D eigenvalue weighted by molar-refractivity contribution is 6.10. The minimum atomic E-state index is -0.486. The number of aromatic nitrogens is 2. The van der Waals surface area contributed by atoms with Crippen molar-refractivity contribution in [3.8, 4) is 6.07 Å². The van der Waals surface area contributed by atoms with Crippen molar-refractivity contribution >= 4 is 5.78 Å². The van der Waals surface area contributed by atoms with E-state index in [2.05, 4.69) is 9.97 Å². The SMILES string of the molecule is Cc1ccc(C(=O)c2cc(C#N)c(=O)[nH]c2C)c(C)n1. The van der Waals surface area contributed by atoms with Gasteiger partial charge in [-0.3, -0.25) is 14.6 Å². The second-order valence-corrected chi connectivity index (χ2v) is 4.58. The Morgan fingerprint density at radius 3 is 2.55 bits per heavy atom. The third kappa shape index (κ3) is 2.36. The van der Waals surface area contributed by atoms with Crippen LogP contribution in [0, 0.1) is 32.1 Å². The van der Waals surface area contributed by atoms with Crippen molar-refractivity contribution in [1.29, 1.82) is 5.26 Å². The minimum absolute atomic E-state index is 0.0725. The fourth-order valence-corrected chi connectivity index (χ4v) is 2.01. The van der Waals surface area contributed by atoms with E-state index in [0.717, 1.165) is 5.69 Å². The van der Waals surface area contributed by atoms with Crippen molar-refractivity contribution in [2.75, 3.05) is 0 Å². The number of rotatable bonds is 2. The predicted octanol–water partition coefficient (Wildman–Crippen LogP) is 1.80. The molecule has 0 unspecified atom stereocenters. The second kappa shape index (κ2) is 5.10. The van der Waals surface area contributed by atoms with Gasteiger partial charge in [-0.05, 0) is 39.0 Å². The molecule has 2 rings (SSSR count). The van der Waals surface area contributed by atoms with Crippen molar-refractivity contribution in [2.45, 2.75) is 20.8 Å². The Bertz CT molecular complexity index is 798. The average molecular weight is 267 g/mol. The first-order valence-corrected chi connectivity index (χ1v) is 6.07. The molecule has 0 radical (unpaired) electrons. The van der Waals surface area contributed by atoms with E-state index in [1.165, 1.54) is 6.07 Å². The Hall–Kier alpha value is -2.74. The Morgan fingerprint density at radius 1 is 1.25 bits per heavy atom. The summed E-state index contributed by atoms with van der Waals surface area (Å²) >= 11 is 0. The van der Waals surface area contributed by atoms with Gasteiger partial charge in [-0.2, -0.15) is 5.26 Å². The van der Waals surface area contributed by atoms with Gasteiger partial charge in [-0.1, -0.05) is 0 Å². The van der Waals surface area contributed by atoms with Crippen molar-refractivity contribution < 1.29 is 4.79 Å². The second-order valence-electron chi connectivity index (χ2n) is 4.58. The lowest BCUT2D eigenvalue weighted by atomic mass is 9.99. The van der Waals surface area contributed by atoms with E-state index in [9.17, 15) is 9.59 Å². The predicted molar refractivity (Wildman–Crippen MR) is 73.7 cm³/mol. The normalized spacial score (nSPS) is 10.1. The summed E-state index contributed by atoms with van der Waals surface area (Å²) in [6.45, 7) is 5.24. The lowest BCUT2D eigenvalue weighted by Gasteiger charge is -2.08. The maximum atomic E-state index is 12.5. The number of carbonyl (C=O) groups is 1. The quantitative estimate of drug-likeness (QED) is 0.840. The molecule has 0 aliphatic heterocycles. The number of carbonyl (C=O) groups excluding carboxylic acids is 1. The monoisotopic (exact) mass is 267 g/mol. The number of aryl methyl sites for hydroxylation is 3. The summed E-state index contributed by atoms with van der Waals surface area (Å²) < 4.78 is 0. The molecule has 0 aliphatic rings. The van der Waals surface area contributed by atoms with Gasteiger partial charge in [0.1, 0.15) is 11.6 Å². The fraction of sp³-hybridized carbons (Fsp3) is 0.200. The summed E-state index contributed by atoms with van der Waals surface area (Å²) in [5, 5.41) is 8.88. The molecule has 5 heteroatoms. The number of nitrogens with zero attached hydrogens (tertiary/aromatic N) is 2. The number of hydrogen-bond acceptors (Lipinski definition) is 4. The molecular formula is C15H13N3O2. The fourth-order valence-electron chi connectivity index (χ4n) is 2.01. The molecule has 20 heavy (non-hydrogen) atoms. The summed E-state index contributed by atoms with van der Waals surface area (Å²) in [6.07, 6.45) is 0. The molecule has 0 aromatic carbocycles. The van der Waals surface area contributed by atoms with E-state index >= 15 is 0 Å². The van der Waals surface area contributed by atoms with E-state index in [1.54, 1.807) is 32.0 Å². The topological polar surface area (TPSA) is 86.6 Å². The van der Waals surface area contributed by atoms with Gasteiger partial charge in [0.2, 0.25) is 0 Å². The molecule has 5 nitrogen and oxygen atoms in total. The van der Waals surface area contributed by atoms with Gasteiger partial charge < -0.3 is 4.98 Å². The molecule has 0 saturated heterocycles. The highest BCUT2D eigenvalue weighted by Crippen LogP contribution is 2.15. The zero-order chi connectivity index (χ0) is 14.9. The molecule has 2 aromatic heterocycles. The van der Waals surface area contributed by atoms with E-state index in [4.69, 9.17) is 5.26 Å². The van der Waals surface area contributed by atoms with E-state index in [1.807, 2.05) is 6.92 Å². The van der Waals surface area contributed by atoms with Crippen LogP contribution in [-0.2, 0) is 0 Å². The van der Waals surface area contributed by atoms with Gasteiger partial charge in [-0.25, -0.2) is 0 Å². The molecule has 0 saturated carbocycles. The molecule has 100 valence electrons. The van der Waals surface area contributed by atoms with Gasteiger partial charge in [0.15, 0.2) is 5.78 Å². The zero-order valence-corrected chi connectivity index (χ0v) is 11.4. The van der Waals surface area contributed by atoms with Crippen LogP contribution in [0.3, 0.4) is 0 Å². The number of H-pyrrole nitrogens is 1. The molecule has 1 N–H and O–H groups in total. The maximum absolute atomic E-state index is 12.5. The van der Waals surface area contributed by atoms with Gasteiger partial charge >= 0.3 is 0 Å². The van der Waals surface area contributed by atoms with E-state index in [0.29, 0.717) is 22.5 Å². The van der Waals surface area contributed by atoms with Crippen LogP contribution in [0.5, 0.6) is 0 Å². The summed E-state index contributed by atoms with van der Waals surface area (Å²) in [4.78, 5) is 30.8. The lowest BCUT2D eigenvalue weighted by Crippen LogP contribution is -2.17. The van der Waals surface area contributed by atoms with E-state index in [-0.39, 0.29) is 11.3 Å². The van der Waals surface area contributed by atoms with Crippen LogP contribution < -0.4 is 5.56 Å². The van der Waals surface area contributed by atoms with Crippen LogP contribution in [0.2, 0.25) is 0 Å². The smallest absolute Gasteiger partial charge is 0.266 e. The third-order valence-electron chi connectivity index (χ3n) is 3.07. The first-order chi connectivity index (χ1) is 9.43. The van der Waals surface area contributed by atoms with Gasteiger partial charge in [0.25, 0.3) is 5.56 Å². The minimum Gasteiger partial charge on any atom is -0.325 e. The number of ketones is 1. The summed E-state index contributed by atoms with van der Waals surface area (Å²) in [5.74, 6) is -0.250. The van der Waals surface area contributed by atoms with Crippen molar-refractivity contribution in [2.24, 2.45) is 0 Å². The molecule has 0 amide bonds. The molecule has 0 atom stereocenters. The van der Waals surface area contributed by atoms with Crippen LogP contribution in [0.15, 0.2) is 23.0 Å². The zero-order valence-electron chi connectivity index (χ0n) is 11.4. The average Bonchev–Trinajstić information content (AvgIpc) is 2.38. The summed E-state index contributed by atoms with van der Waals surface area (Å²) in [5.41, 5.74) is 2.12. The maximum Gasteiger partial charge on any atom is 0.266 e. The Labute approximate surface area is 115 Å². The Morgan fingerprint density at radius 2 is 1.95 bits per heavy atom. The number of pyridine rings is 2. The van der Waals surface area contributed by atoms with Crippen LogP contribution in [0.1, 0.15) is 38.6 Å². The highest BCUT2D eigenvalue weighted by Gasteiger charge is 2.17. The number of aromatic amines is 1. The van der Waals surface area contributed by atoms with Crippen molar-refractivity contribution in [1.82, 2.24) is 9.97 Å². The third-order valence-corrected chi connectivity index (χ3v) is 3.07. The molecule has 2 aromatic rings. The van der Waals surface area contributed by atoms with Crippen LogP contribution >= 0.6 is 0 Å². The van der Waals surface area contributed by atoms with Crippen LogP contribution in [0.25, 0.3) is 0 Å². The van der Waals surface area contributed by atoms with Crippen molar-refractivity contribution in [3.63, 3.8) is 0 Å². The molecule has 0 bridgehead atoms. The van der Waals surface area contributed by atoms with Crippen molar-refractivity contribution in [3.05, 3.63) is 62.3 Å². The van der Waals surface area contributed by atoms with Crippen LogP contribution in [-0.4, -0.2) is 15.8 Å². The van der Waals surface area contributed by atoms with E-state index < -0.39 is 5.56 Å². The molecule has 2 heterocycles. The standard InChI is InChI=1S/C15H13N3O2/c1-8-4-5-12(9(2)17-8)14(19)13-6-11(7-16)15(20)18-10(13)3/h4-6H,1-3H3,(H,18,20). The number of nitriles is 1. The van der Waals surface area contributed by atoms with Gasteiger partial charge in [-0.15, -0.1) is 0 Å².